The molecular formula is C15H17F3N4O2. The van der Waals surface area contributed by atoms with Gasteiger partial charge in [-0.15, -0.1) is 0 Å². The van der Waals surface area contributed by atoms with E-state index in [0.717, 1.165) is 12.5 Å². The topological polar surface area (TPSA) is 74.8 Å². The molecule has 1 aromatic rings. The van der Waals surface area contributed by atoms with E-state index in [1.54, 1.807) is 0 Å². The molecule has 0 radical (unpaired) electrons. The van der Waals surface area contributed by atoms with E-state index in [1.165, 1.54) is 12.1 Å². The first-order valence-electron chi connectivity index (χ1n) is 7.39. The van der Waals surface area contributed by atoms with Crippen LogP contribution in [0.5, 0.6) is 0 Å². The van der Waals surface area contributed by atoms with Gasteiger partial charge in [-0.1, -0.05) is 19.9 Å². The lowest BCUT2D eigenvalue weighted by Gasteiger charge is -2.18. The standard InChI is InChI=1S/C15H17F3N4O2/c1-14(2)6-12(14)21-19-10-4-3-8(5-9(10)15(16,17)18)11-7-24-13(23)22-20-11/h3-5,12,19,21H,6-7H2,1-2H3,(H,22,23). The molecule has 1 aromatic carbocycles. The molecule has 1 atom stereocenters. The second kappa shape index (κ2) is 5.66. The number of hydrazine groups is 1. The van der Waals surface area contributed by atoms with Crippen LogP contribution in [0.3, 0.4) is 0 Å². The fourth-order valence-electron chi connectivity index (χ4n) is 2.41. The maximum atomic E-state index is 13.3. The third-order valence-corrected chi connectivity index (χ3v) is 4.17. The Bertz CT molecular complexity index is 700. The van der Waals surface area contributed by atoms with Gasteiger partial charge in [-0.25, -0.2) is 15.6 Å². The minimum absolute atomic E-state index is 0.0599. The van der Waals surface area contributed by atoms with E-state index in [9.17, 15) is 18.0 Å². The van der Waals surface area contributed by atoms with Crippen molar-refractivity contribution in [3.63, 3.8) is 0 Å². The van der Waals surface area contributed by atoms with Gasteiger partial charge in [-0.3, -0.25) is 0 Å². The molecule has 9 heteroatoms. The summed E-state index contributed by atoms with van der Waals surface area (Å²) >= 11 is 0. The summed E-state index contributed by atoms with van der Waals surface area (Å²) in [6.07, 6.45) is -4.37. The van der Waals surface area contributed by atoms with Gasteiger partial charge in [0.25, 0.3) is 0 Å². The summed E-state index contributed by atoms with van der Waals surface area (Å²) in [5.41, 5.74) is 7.33. The number of amides is 1. The van der Waals surface area contributed by atoms with Crippen molar-refractivity contribution < 1.29 is 22.7 Å². The van der Waals surface area contributed by atoms with Crippen molar-refractivity contribution in [1.29, 1.82) is 0 Å². The highest BCUT2D eigenvalue weighted by atomic mass is 19.4. The van der Waals surface area contributed by atoms with Gasteiger partial charge in [0.05, 0.1) is 11.3 Å². The van der Waals surface area contributed by atoms with Crippen LogP contribution in [0, 0.1) is 5.41 Å². The summed E-state index contributed by atoms with van der Waals surface area (Å²) in [7, 11) is 0. The van der Waals surface area contributed by atoms with Gasteiger partial charge in [0.1, 0.15) is 12.3 Å². The summed E-state index contributed by atoms with van der Waals surface area (Å²) < 4.78 is 44.7. The van der Waals surface area contributed by atoms with Crippen LogP contribution in [0.2, 0.25) is 0 Å². The maximum Gasteiger partial charge on any atom is 0.428 e. The molecule has 1 amide bonds. The number of anilines is 1. The first-order chi connectivity index (χ1) is 11.2. The predicted molar refractivity (Wildman–Crippen MR) is 81.4 cm³/mol. The highest BCUT2D eigenvalue weighted by Crippen LogP contribution is 2.44. The fraction of sp³-hybridized carbons (Fsp3) is 0.467. The monoisotopic (exact) mass is 342 g/mol. The van der Waals surface area contributed by atoms with E-state index in [4.69, 9.17) is 4.74 Å². The molecule has 3 N–H and O–H groups in total. The average molecular weight is 342 g/mol. The molecule has 1 fully saturated rings. The van der Waals surface area contributed by atoms with Crippen molar-refractivity contribution in [1.82, 2.24) is 10.9 Å². The molecule has 6 nitrogen and oxygen atoms in total. The predicted octanol–water partition coefficient (Wildman–Crippen LogP) is 2.86. The number of carbonyl (C=O) groups excluding carboxylic acids is 1. The van der Waals surface area contributed by atoms with Gasteiger partial charge in [-0.05, 0) is 24.0 Å². The van der Waals surface area contributed by atoms with Crippen LogP contribution in [0.15, 0.2) is 23.3 Å². The van der Waals surface area contributed by atoms with E-state index in [1.807, 2.05) is 13.8 Å². The van der Waals surface area contributed by atoms with E-state index >= 15 is 0 Å². The Morgan fingerprint density at radius 2 is 2.08 bits per heavy atom. The summed E-state index contributed by atoms with van der Waals surface area (Å²) in [6.45, 7) is 3.90. The Labute approximate surface area is 136 Å². The summed E-state index contributed by atoms with van der Waals surface area (Å²) in [6, 6.07) is 3.95. The second-order valence-electron chi connectivity index (χ2n) is 6.52. The van der Waals surface area contributed by atoms with Crippen molar-refractivity contribution in [3.05, 3.63) is 29.3 Å². The van der Waals surface area contributed by atoms with Gasteiger partial charge in [-0.2, -0.15) is 18.3 Å². The zero-order chi connectivity index (χ0) is 17.5. The molecule has 1 aliphatic carbocycles. The smallest absolute Gasteiger partial charge is 0.428 e. The number of hydrogen-bond donors (Lipinski definition) is 3. The van der Waals surface area contributed by atoms with Crippen LogP contribution in [0.4, 0.5) is 23.7 Å². The lowest BCUT2D eigenvalue weighted by molar-refractivity contribution is -0.137. The molecule has 24 heavy (non-hydrogen) atoms. The Morgan fingerprint density at radius 1 is 1.38 bits per heavy atom. The molecule has 1 saturated carbocycles. The van der Waals surface area contributed by atoms with Crippen LogP contribution >= 0.6 is 0 Å². The van der Waals surface area contributed by atoms with E-state index in [0.29, 0.717) is 0 Å². The number of hydrogen-bond acceptors (Lipinski definition) is 5. The lowest BCUT2D eigenvalue weighted by atomic mass is 10.0. The number of benzene rings is 1. The Balaban J connectivity index is 1.83. The van der Waals surface area contributed by atoms with Crippen molar-refractivity contribution in [2.45, 2.75) is 32.5 Å². The van der Waals surface area contributed by atoms with Crippen LogP contribution in [0.1, 0.15) is 31.4 Å². The third-order valence-electron chi connectivity index (χ3n) is 4.17. The molecule has 0 spiro atoms. The minimum atomic E-state index is -4.53. The fourth-order valence-corrected chi connectivity index (χ4v) is 2.41. The molecule has 1 unspecified atom stereocenters. The van der Waals surface area contributed by atoms with Crippen LogP contribution < -0.4 is 16.3 Å². The van der Waals surface area contributed by atoms with Gasteiger partial charge < -0.3 is 10.2 Å². The summed E-state index contributed by atoms with van der Waals surface area (Å²) in [5.74, 6) is 0. The number of carbonyl (C=O) groups is 1. The zero-order valence-corrected chi connectivity index (χ0v) is 13.1. The van der Waals surface area contributed by atoms with Gasteiger partial charge >= 0.3 is 12.3 Å². The lowest BCUT2D eigenvalue weighted by Crippen LogP contribution is -2.31. The Morgan fingerprint density at radius 3 is 2.62 bits per heavy atom. The molecule has 130 valence electrons. The van der Waals surface area contributed by atoms with Crippen molar-refractivity contribution in [3.8, 4) is 0 Å². The quantitative estimate of drug-likeness (QED) is 0.736. The van der Waals surface area contributed by atoms with Crippen LogP contribution in [-0.4, -0.2) is 24.5 Å². The molecular weight excluding hydrogens is 325 g/mol. The van der Waals surface area contributed by atoms with Crippen molar-refractivity contribution >= 4 is 17.5 Å². The SMILES string of the molecule is CC1(C)CC1NNc1ccc(C2=NNC(=O)OC2)cc1C(F)(F)F. The molecule has 1 heterocycles. The van der Waals surface area contributed by atoms with Gasteiger partial charge in [0.15, 0.2) is 0 Å². The van der Waals surface area contributed by atoms with E-state index in [2.05, 4.69) is 21.4 Å². The maximum absolute atomic E-state index is 13.3. The first kappa shape index (κ1) is 16.6. The number of ether oxygens (including phenoxy) is 1. The molecule has 0 saturated heterocycles. The number of halogens is 3. The van der Waals surface area contributed by atoms with Gasteiger partial charge in [0, 0.05) is 11.6 Å². The number of cyclic esters (lactones) is 1. The average Bonchev–Trinajstić information content (AvgIpc) is 3.12. The number of nitrogens with one attached hydrogen (secondary N) is 3. The second-order valence-corrected chi connectivity index (χ2v) is 6.52. The van der Waals surface area contributed by atoms with Crippen molar-refractivity contribution in [2.24, 2.45) is 10.5 Å². The number of rotatable bonds is 4. The molecule has 0 bridgehead atoms. The van der Waals surface area contributed by atoms with E-state index in [-0.39, 0.29) is 35.0 Å². The van der Waals surface area contributed by atoms with Crippen LogP contribution in [-0.2, 0) is 10.9 Å². The van der Waals surface area contributed by atoms with Crippen molar-refractivity contribution in [2.75, 3.05) is 12.0 Å². The normalized spacial score (nSPS) is 22.3. The first-order valence-corrected chi connectivity index (χ1v) is 7.39. The minimum Gasteiger partial charge on any atom is -0.442 e. The highest BCUT2D eigenvalue weighted by Gasteiger charge is 2.46. The molecule has 1 aliphatic heterocycles. The number of nitrogens with zero attached hydrogens (tertiary/aromatic N) is 1. The number of hydrazone groups is 1. The number of alkyl halides is 3. The van der Waals surface area contributed by atoms with E-state index < -0.39 is 17.8 Å². The Kier molecular flexibility index (Phi) is 3.90. The largest absolute Gasteiger partial charge is 0.442 e. The molecule has 2 aliphatic rings. The Hall–Kier alpha value is -2.29. The van der Waals surface area contributed by atoms with Crippen LogP contribution in [0.25, 0.3) is 0 Å². The summed E-state index contributed by atoms with van der Waals surface area (Å²) in [4.78, 5) is 10.9. The summed E-state index contributed by atoms with van der Waals surface area (Å²) in [5, 5.41) is 3.73. The third kappa shape index (κ3) is 3.45. The van der Waals surface area contributed by atoms with Gasteiger partial charge in [0.2, 0.25) is 0 Å². The molecule has 3 rings (SSSR count). The zero-order valence-electron chi connectivity index (χ0n) is 13.1. The highest BCUT2D eigenvalue weighted by molar-refractivity contribution is 6.04. The molecule has 0 aromatic heterocycles.